The number of hydrogen-bond donors (Lipinski definition) is 0. The van der Waals surface area contributed by atoms with E-state index < -0.39 is 6.10 Å². The maximum Gasteiger partial charge on any atom is 0.306 e. The number of rotatable bonds is 43. The summed E-state index contributed by atoms with van der Waals surface area (Å²) in [6.07, 6.45) is 66.5. The Morgan fingerprint density at radius 3 is 1.23 bits per heavy atom. The molecule has 0 bridgehead atoms. The van der Waals surface area contributed by atoms with E-state index in [0.717, 1.165) is 96.3 Å². The molecule has 1 unspecified atom stereocenters. The van der Waals surface area contributed by atoms with Crippen molar-refractivity contribution in [3.8, 4) is 0 Å². The van der Waals surface area contributed by atoms with E-state index in [4.69, 9.17) is 14.2 Å². The van der Waals surface area contributed by atoms with Gasteiger partial charge in [-0.15, -0.1) is 0 Å². The van der Waals surface area contributed by atoms with Crippen molar-refractivity contribution >= 4 is 17.9 Å². The van der Waals surface area contributed by atoms with Crippen LogP contribution in [0.15, 0.2) is 109 Å². The Morgan fingerprint density at radius 1 is 0.355 bits per heavy atom. The smallest absolute Gasteiger partial charge is 0.306 e. The van der Waals surface area contributed by atoms with Gasteiger partial charge in [0.25, 0.3) is 0 Å². The van der Waals surface area contributed by atoms with Gasteiger partial charge < -0.3 is 14.2 Å². The lowest BCUT2D eigenvalue weighted by Crippen LogP contribution is -2.30. The molecule has 0 aromatic rings. The molecule has 0 fully saturated rings. The summed E-state index contributed by atoms with van der Waals surface area (Å²) in [4.78, 5) is 37.9. The lowest BCUT2D eigenvalue weighted by molar-refractivity contribution is -0.166. The first kappa shape index (κ1) is 58.1. The van der Waals surface area contributed by atoms with Crippen LogP contribution in [0.5, 0.6) is 0 Å². The average Bonchev–Trinajstić information content (AvgIpc) is 3.27. The fourth-order valence-electron chi connectivity index (χ4n) is 6.41. The van der Waals surface area contributed by atoms with Crippen LogP contribution in [-0.4, -0.2) is 37.2 Å². The third-order valence-corrected chi connectivity index (χ3v) is 10.1. The van der Waals surface area contributed by atoms with Gasteiger partial charge in [0.1, 0.15) is 13.2 Å². The van der Waals surface area contributed by atoms with E-state index in [1.54, 1.807) is 0 Å². The van der Waals surface area contributed by atoms with Crippen molar-refractivity contribution in [2.45, 2.75) is 213 Å². The standard InChI is InChI=1S/C56H90O6/c1-4-7-10-13-16-19-22-24-26-27-28-29-31-32-34-37-40-43-46-49-55(58)61-52-53(51-60-54(57)48-45-42-39-36-21-18-15-12-9-6-3)62-56(59)50-47-44-41-38-35-33-30-25-23-20-17-14-11-8-5-2/h7-8,10-11,14,16-17,19-20,23-24,26,28-29,32,34,40,43,53H,4-6,9,12-13,15,18,21-22,25,27,30-31,33,35-39,41-42,44-52H2,1-3H3/b10-7-,11-8-,17-14-,19-16-,23-20-,26-24-,29-28-,34-32-,43-40-. The molecule has 0 N–H and O–H groups in total. The van der Waals surface area contributed by atoms with E-state index in [2.05, 4.69) is 118 Å². The monoisotopic (exact) mass is 859 g/mol. The van der Waals surface area contributed by atoms with Crippen LogP contribution < -0.4 is 0 Å². The Labute approximate surface area is 380 Å². The number of carbonyl (C=O) groups excluding carboxylic acids is 3. The summed E-state index contributed by atoms with van der Waals surface area (Å²) in [7, 11) is 0. The summed E-state index contributed by atoms with van der Waals surface area (Å²) in [6.45, 7) is 6.29. The van der Waals surface area contributed by atoms with Crippen LogP contribution in [-0.2, 0) is 28.6 Å². The SMILES string of the molecule is CC\C=C/C=C\C=C/CCCCCCCCCC(=O)OC(COC(=O)CC/C=C\C/C=C\C/C=C\C/C=C\C/C=C\C/C=C\CC)COC(=O)CCCCCCCCCCCC. The number of allylic oxidation sites excluding steroid dienone is 18. The van der Waals surface area contributed by atoms with Gasteiger partial charge in [-0.05, 0) is 77.0 Å². The van der Waals surface area contributed by atoms with Crippen LogP contribution in [0, 0.1) is 0 Å². The second kappa shape index (κ2) is 49.7. The lowest BCUT2D eigenvalue weighted by atomic mass is 10.1. The molecule has 350 valence electrons. The van der Waals surface area contributed by atoms with Crippen molar-refractivity contribution in [2.24, 2.45) is 0 Å². The van der Waals surface area contributed by atoms with Crippen molar-refractivity contribution in [2.75, 3.05) is 13.2 Å². The minimum absolute atomic E-state index is 0.107. The van der Waals surface area contributed by atoms with Crippen LogP contribution in [0.4, 0.5) is 0 Å². The highest BCUT2D eigenvalue weighted by atomic mass is 16.6. The number of hydrogen-bond acceptors (Lipinski definition) is 6. The molecule has 0 aromatic heterocycles. The molecule has 0 saturated carbocycles. The van der Waals surface area contributed by atoms with Gasteiger partial charge in [-0.3, -0.25) is 14.4 Å². The van der Waals surface area contributed by atoms with Gasteiger partial charge in [0.05, 0.1) is 0 Å². The van der Waals surface area contributed by atoms with E-state index >= 15 is 0 Å². The second-order valence-corrected chi connectivity index (χ2v) is 16.0. The summed E-state index contributed by atoms with van der Waals surface area (Å²) in [5.41, 5.74) is 0. The predicted octanol–water partition coefficient (Wildman–Crippen LogP) is 16.4. The van der Waals surface area contributed by atoms with Crippen LogP contribution in [0.25, 0.3) is 0 Å². The highest BCUT2D eigenvalue weighted by molar-refractivity contribution is 5.71. The average molecular weight is 859 g/mol. The molecular formula is C56H90O6. The van der Waals surface area contributed by atoms with Crippen LogP contribution >= 0.6 is 0 Å². The normalized spacial score (nSPS) is 13.0. The zero-order valence-electron chi connectivity index (χ0n) is 39.8. The van der Waals surface area contributed by atoms with E-state index in [0.29, 0.717) is 19.3 Å². The molecular weight excluding hydrogens is 769 g/mol. The number of carbonyl (C=O) groups is 3. The maximum atomic E-state index is 12.8. The summed E-state index contributed by atoms with van der Waals surface area (Å²) in [5, 5.41) is 0. The minimum Gasteiger partial charge on any atom is -0.462 e. The predicted molar refractivity (Wildman–Crippen MR) is 265 cm³/mol. The van der Waals surface area contributed by atoms with Crippen molar-refractivity contribution in [1.82, 2.24) is 0 Å². The van der Waals surface area contributed by atoms with Crippen LogP contribution in [0.1, 0.15) is 207 Å². The molecule has 0 aliphatic heterocycles. The molecule has 0 radical (unpaired) electrons. The molecule has 0 spiro atoms. The third-order valence-electron chi connectivity index (χ3n) is 10.1. The second-order valence-electron chi connectivity index (χ2n) is 16.0. The number of esters is 3. The molecule has 0 amide bonds. The topological polar surface area (TPSA) is 78.9 Å². The molecule has 1 atom stereocenters. The van der Waals surface area contributed by atoms with Crippen LogP contribution in [0.2, 0.25) is 0 Å². The number of unbranched alkanes of at least 4 members (excludes halogenated alkanes) is 16. The van der Waals surface area contributed by atoms with Crippen LogP contribution in [0.3, 0.4) is 0 Å². The first-order valence-electron chi connectivity index (χ1n) is 24.9. The molecule has 0 heterocycles. The molecule has 6 heteroatoms. The highest BCUT2D eigenvalue weighted by Crippen LogP contribution is 2.14. The lowest BCUT2D eigenvalue weighted by Gasteiger charge is -2.18. The zero-order chi connectivity index (χ0) is 45.1. The summed E-state index contributed by atoms with van der Waals surface area (Å²) in [6, 6.07) is 0. The molecule has 62 heavy (non-hydrogen) atoms. The van der Waals surface area contributed by atoms with E-state index in [-0.39, 0.29) is 37.5 Å². The summed E-state index contributed by atoms with van der Waals surface area (Å²) in [5.74, 6) is -1.02. The van der Waals surface area contributed by atoms with Gasteiger partial charge >= 0.3 is 17.9 Å². The van der Waals surface area contributed by atoms with E-state index in [1.807, 2.05) is 12.2 Å². The quantitative estimate of drug-likeness (QED) is 0.0200. The molecule has 0 rings (SSSR count). The zero-order valence-corrected chi connectivity index (χ0v) is 39.8. The minimum atomic E-state index is -0.814. The number of ether oxygens (including phenoxy) is 3. The maximum absolute atomic E-state index is 12.8. The highest BCUT2D eigenvalue weighted by Gasteiger charge is 2.19. The van der Waals surface area contributed by atoms with E-state index in [9.17, 15) is 14.4 Å². The van der Waals surface area contributed by atoms with Crippen molar-refractivity contribution < 1.29 is 28.6 Å². The molecule has 0 aliphatic carbocycles. The van der Waals surface area contributed by atoms with Gasteiger partial charge in [-0.1, -0.05) is 220 Å². The Bertz CT molecular complexity index is 1310. The van der Waals surface area contributed by atoms with Crippen molar-refractivity contribution in [1.29, 1.82) is 0 Å². The van der Waals surface area contributed by atoms with Gasteiger partial charge in [-0.25, -0.2) is 0 Å². The Morgan fingerprint density at radius 2 is 0.742 bits per heavy atom. The first-order valence-corrected chi connectivity index (χ1v) is 24.9. The third kappa shape index (κ3) is 47.1. The van der Waals surface area contributed by atoms with Gasteiger partial charge in [0.15, 0.2) is 6.10 Å². The Kier molecular flexibility index (Phi) is 46.6. The van der Waals surface area contributed by atoms with Crippen molar-refractivity contribution in [3.05, 3.63) is 109 Å². The largest absolute Gasteiger partial charge is 0.462 e. The fraction of sp³-hybridized carbons (Fsp3) is 0.625. The molecule has 0 aliphatic rings. The molecule has 0 saturated heterocycles. The summed E-state index contributed by atoms with van der Waals surface area (Å²) < 4.78 is 16.7. The molecule has 0 aromatic carbocycles. The van der Waals surface area contributed by atoms with Gasteiger partial charge in [-0.2, -0.15) is 0 Å². The van der Waals surface area contributed by atoms with E-state index in [1.165, 1.54) is 64.2 Å². The Balaban J connectivity index is 4.51. The van der Waals surface area contributed by atoms with Gasteiger partial charge in [0, 0.05) is 19.3 Å². The van der Waals surface area contributed by atoms with Crippen molar-refractivity contribution in [3.63, 3.8) is 0 Å². The Hall–Kier alpha value is -3.93. The van der Waals surface area contributed by atoms with Gasteiger partial charge in [0.2, 0.25) is 0 Å². The summed E-state index contributed by atoms with van der Waals surface area (Å²) >= 11 is 0. The molecule has 6 nitrogen and oxygen atoms in total. The first-order chi connectivity index (χ1) is 30.5. The fourth-order valence-corrected chi connectivity index (χ4v) is 6.41.